The molecule has 1 amide bonds. The van der Waals surface area contributed by atoms with E-state index in [0.717, 1.165) is 12.0 Å². The molecule has 2 N–H and O–H groups in total. The lowest BCUT2D eigenvalue weighted by molar-refractivity contribution is -0.130. The number of benzene rings is 2. The molecule has 0 fully saturated rings. The maximum absolute atomic E-state index is 12.1. The molecule has 0 radical (unpaired) electrons. The number of rotatable bonds is 6. The van der Waals surface area contributed by atoms with Crippen LogP contribution in [0.25, 0.3) is 10.8 Å². The van der Waals surface area contributed by atoms with Gasteiger partial charge in [0.05, 0.1) is 0 Å². The molecule has 0 saturated heterocycles. The van der Waals surface area contributed by atoms with Crippen LogP contribution in [0.4, 0.5) is 0 Å². The summed E-state index contributed by atoms with van der Waals surface area (Å²) in [6.07, 6.45) is 1.43. The molecular weight excluding hydrogens is 260 g/mol. The van der Waals surface area contributed by atoms with Crippen LogP contribution in [0.1, 0.15) is 25.3 Å². The molecule has 0 aliphatic heterocycles. The van der Waals surface area contributed by atoms with E-state index in [9.17, 15) is 4.79 Å². The van der Waals surface area contributed by atoms with E-state index in [1.807, 2.05) is 19.2 Å². The highest BCUT2D eigenvalue weighted by molar-refractivity contribution is 5.83. The summed E-state index contributed by atoms with van der Waals surface area (Å²) >= 11 is 0. The maximum Gasteiger partial charge on any atom is 0.222 e. The van der Waals surface area contributed by atoms with Crippen molar-refractivity contribution in [2.75, 3.05) is 13.6 Å². The molecular formula is C18H24N2O. The lowest BCUT2D eigenvalue weighted by Gasteiger charge is -2.18. The van der Waals surface area contributed by atoms with Crippen LogP contribution in [-0.2, 0) is 11.3 Å². The van der Waals surface area contributed by atoms with Crippen molar-refractivity contribution in [1.29, 1.82) is 0 Å². The summed E-state index contributed by atoms with van der Waals surface area (Å²) in [5, 5.41) is 2.44. The summed E-state index contributed by atoms with van der Waals surface area (Å²) < 4.78 is 0. The average molecular weight is 284 g/mol. The maximum atomic E-state index is 12.1. The predicted octanol–water partition coefficient (Wildman–Crippen LogP) is 3.17. The first kappa shape index (κ1) is 15.5. The Labute approximate surface area is 126 Å². The van der Waals surface area contributed by atoms with Gasteiger partial charge in [-0.3, -0.25) is 4.79 Å². The van der Waals surface area contributed by atoms with Crippen molar-refractivity contribution < 1.29 is 4.79 Å². The summed E-state index contributed by atoms with van der Waals surface area (Å²) in [6, 6.07) is 14.6. The van der Waals surface area contributed by atoms with E-state index in [0.29, 0.717) is 25.4 Å². The zero-order chi connectivity index (χ0) is 15.2. The molecule has 0 aliphatic carbocycles. The standard InChI is InChI=1S/C18H24N2O/c1-14(12-19)7-10-18(21)20(2)13-15-8-9-16-5-3-4-6-17(16)11-15/h3-6,8-9,11,14H,7,10,12-13,19H2,1-2H3. The van der Waals surface area contributed by atoms with Crippen molar-refractivity contribution in [1.82, 2.24) is 4.90 Å². The lowest BCUT2D eigenvalue weighted by Crippen LogP contribution is -2.26. The molecule has 21 heavy (non-hydrogen) atoms. The van der Waals surface area contributed by atoms with Gasteiger partial charge in [0.2, 0.25) is 5.91 Å². The van der Waals surface area contributed by atoms with Crippen molar-refractivity contribution in [2.45, 2.75) is 26.3 Å². The molecule has 2 aromatic carbocycles. The highest BCUT2D eigenvalue weighted by Gasteiger charge is 2.11. The normalized spacial score (nSPS) is 12.3. The molecule has 3 nitrogen and oxygen atoms in total. The summed E-state index contributed by atoms with van der Waals surface area (Å²) in [4.78, 5) is 13.9. The fourth-order valence-electron chi connectivity index (χ4n) is 2.38. The summed E-state index contributed by atoms with van der Waals surface area (Å²) in [5.74, 6) is 0.589. The Morgan fingerprint density at radius 1 is 1.19 bits per heavy atom. The van der Waals surface area contributed by atoms with Crippen molar-refractivity contribution in [3.8, 4) is 0 Å². The number of hydrogen-bond donors (Lipinski definition) is 1. The van der Waals surface area contributed by atoms with Crippen LogP contribution >= 0.6 is 0 Å². The summed E-state index contributed by atoms with van der Waals surface area (Å²) in [6.45, 7) is 3.37. The van der Waals surface area contributed by atoms with Crippen LogP contribution in [0.15, 0.2) is 42.5 Å². The van der Waals surface area contributed by atoms with Gasteiger partial charge in [-0.2, -0.15) is 0 Å². The van der Waals surface area contributed by atoms with Crippen molar-refractivity contribution in [3.63, 3.8) is 0 Å². The van der Waals surface area contributed by atoms with E-state index in [-0.39, 0.29) is 5.91 Å². The number of nitrogens with two attached hydrogens (primary N) is 1. The van der Waals surface area contributed by atoms with Gasteiger partial charge < -0.3 is 10.6 Å². The van der Waals surface area contributed by atoms with Crippen molar-refractivity contribution in [3.05, 3.63) is 48.0 Å². The Bertz CT molecular complexity index is 609. The smallest absolute Gasteiger partial charge is 0.222 e. The monoisotopic (exact) mass is 284 g/mol. The molecule has 1 unspecified atom stereocenters. The van der Waals surface area contributed by atoms with Gasteiger partial charge in [-0.25, -0.2) is 0 Å². The second kappa shape index (κ2) is 7.23. The Morgan fingerprint density at radius 2 is 1.90 bits per heavy atom. The molecule has 0 saturated carbocycles. The minimum atomic E-state index is 0.184. The molecule has 3 heteroatoms. The molecule has 2 aromatic rings. The molecule has 1 atom stereocenters. The Kier molecular flexibility index (Phi) is 5.34. The van der Waals surface area contributed by atoms with Crippen LogP contribution in [0.5, 0.6) is 0 Å². The molecule has 2 rings (SSSR count). The molecule has 0 heterocycles. The predicted molar refractivity (Wildman–Crippen MR) is 87.9 cm³/mol. The molecule has 0 bridgehead atoms. The van der Waals surface area contributed by atoms with Gasteiger partial charge >= 0.3 is 0 Å². The average Bonchev–Trinajstić information content (AvgIpc) is 2.51. The van der Waals surface area contributed by atoms with Crippen molar-refractivity contribution in [2.24, 2.45) is 11.7 Å². The van der Waals surface area contributed by atoms with Crippen LogP contribution < -0.4 is 5.73 Å². The molecule has 0 spiro atoms. The Morgan fingerprint density at radius 3 is 2.62 bits per heavy atom. The van der Waals surface area contributed by atoms with E-state index in [2.05, 4.69) is 37.3 Å². The number of carbonyl (C=O) groups is 1. The second-order valence-electron chi connectivity index (χ2n) is 5.81. The molecule has 0 aromatic heterocycles. The van der Waals surface area contributed by atoms with Gasteiger partial charge in [0.1, 0.15) is 0 Å². The highest BCUT2D eigenvalue weighted by atomic mass is 16.2. The van der Waals surface area contributed by atoms with E-state index in [1.54, 1.807) is 4.90 Å². The third-order valence-corrected chi connectivity index (χ3v) is 3.91. The number of nitrogens with zero attached hydrogens (tertiary/aromatic N) is 1. The van der Waals surface area contributed by atoms with Gasteiger partial charge in [-0.05, 0) is 41.3 Å². The van der Waals surface area contributed by atoms with E-state index in [1.165, 1.54) is 10.8 Å². The molecule has 0 aliphatic rings. The van der Waals surface area contributed by atoms with Gasteiger partial charge in [-0.1, -0.05) is 43.3 Å². The first-order valence-electron chi connectivity index (χ1n) is 7.52. The van der Waals surface area contributed by atoms with E-state index < -0.39 is 0 Å². The minimum Gasteiger partial charge on any atom is -0.341 e. The van der Waals surface area contributed by atoms with Crippen molar-refractivity contribution >= 4 is 16.7 Å². The zero-order valence-corrected chi connectivity index (χ0v) is 12.9. The minimum absolute atomic E-state index is 0.184. The number of hydrogen-bond acceptors (Lipinski definition) is 2. The fraction of sp³-hybridized carbons (Fsp3) is 0.389. The van der Waals surface area contributed by atoms with Crippen LogP contribution in [0, 0.1) is 5.92 Å². The van der Waals surface area contributed by atoms with Gasteiger partial charge in [0.25, 0.3) is 0 Å². The fourth-order valence-corrected chi connectivity index (χ4v) is 2.38. The third-order valence-electron chi connectivity index (χ3n) is 3.91. The van der Waals surface area contributed by atoms with Gasteiger partial charge in [0, 0.05) is 20.0 Å². The zero-order valence-electron chi connectivity index (χ0n) is 12.9. The summed E-state index contributed by atoms with van der Waals surface area (Å²) in [7, 11) is 1.87. The quantitative estimate of drug-likeness (QED) is 0.885. The SMILES string of the molecule is CC(CN)CCC(=O)N(C)Cc1ccc2ccccc2c1. The van der Waals surface area contributed by atoms with Gasteiger partial charge in [0.15, 0.2) is 0 Å². The summed E-state index contributed by atoms with van der Waals surface area (Å²) in [5.41, 5.74) is 6.75. The Balaban J connectivity index is 1.97. The topological polar surface area (TPSA) is 46.3 Å². The number of carbonyl (C=O) groups excluding carboxylic acids is 1. The van der Waals surface area contributed by atoms with Gasteiger partial charge in [-0.15, -0.1) is 0 Å². The first-order valence-corrected chi connectivity index (χ1v) is 7.52. The van der Waals surface area contributed by atoms with Crippen LogP contribution in [0.2, 0.25) is 0 Å². The van der Waals surface area contributed by atoms with Crippen LogP contribution in [-0.4, -0.2) is 24.4 Å². The first-order chi connectivity index (χ1) is 10.1. The van der Waals surface area contributed by atoms with Crippen LogP contribution in [0.3, 0.4) is 0 Å². The number of fused-ring (bicyclic) bond motifs is 1. The second-order valence-corrected chi connectivity index (χ2v) is 5.81. The number of amides is 1. The lowest BCUT2D eigenvalue weighted by atomic mass is 10.0. The van der Waals surface area contributed by atoms with E-state index >= 15 is 0 Å². The third kappa shape index (κ3) is 4.30. The highest BCUT2D eigenvalue weighted by Crippen LogP contribution is 2.17. The Hall–Kier alpha value is -1.87. The van der Waals surface area contributed by atoms with E-state index in [4.69, 9.17) is 5.73 Å². The molecule has 112 valence electrons. The largest absolute Gasteiger partial charge is 0.341 e.